The normalized spacial score (nSPS) is 11.5. The second-order valence-corrected chi connectivity index (χ2v) is 5.70. The monoisotopic (exact) mass is 279 g/mol. The predicted molar refractivity (Wildman–Crippen MR) is 80.6 cm³/mol. The van der Waals surface area contributed by atoms with Gasteiger partial charge in [0.15, 0.2) is 0 Å². The minimum absolute atomic E-state index is 0.163. The maximum atomic E-state index is 11.6. The standard InChI is InChI=1S/C15H25N3O2/c1-15(2,16)14(19)17-11-12-5-7-13(8-6-12)20-10-9-18(3)4/h5-8H,9-11,16H2,1-4H3,(H,17,19). The van der Waals surface area contributed by atoms with Crippen molar-refractivity contribution in [1.82, 2.24) is 10.2 Å². The summed E-state index contributed by atoms with van der Waals surface area (Å²) in [5.41, 5.74) is 5.87. The molecule has 5 nitrogen and oxygen atoms in total. The van der Waals surface area contributed by atoms with Crippen LogP contribution in [0.15, 0.2) is 24.3 Å². The first-order valence-corrected chi connectivity index (χ1v) is 6.72. The lowest BCUT2D eigenvalue weighted by Gasteiger charge is -2.17. The van der Waals surface area contributed by atoms with Crippen LogP contribution in [0.25, 0.3) is 0 Å². The Labute approximate surface area is 121 Å². The van der Waals surface area contributed by atoms with Gasteiger partial charge in [0, 0.05) is 13.1 Å². The van der Waals surface area contributed by atoms with Crippen LogP contribution in [0.5, 0.6) is 5.75 Å². The molecule has 20 heavy (non-hydrogen) atoms. The number of likely N-dealkylation sites (N-methyl/N-ethyl adjacent to an activating group) is 1. The van der Waals surface area contributed by atoms with E-state index in [1.807, 2.05) is 38.4 Å². The summed E-state index contributed by atoms with van der Waals surface area (Å²) in [6, 6.07) is 7.69. The molecule has 1 aromatic carbocycles. The van der Waals surface area contributed by atoms with Gasteiger partial charge in [-0.15, -0.1) is 0 Å². The minimum Gasteiger partial charge on any atom is -0.492 e. The van der Waals surface area contributed by atoms with Crippen LogP contribution in [0.4, 0.5) is 0 Å². The number of carbonyl (C=O) groups is 1. The lowest BCUT2D eigenvalue weighted by molar-refractivity contribution is -0.125. The largest absolute Gasteiger partial charge is 0.492 e. The van der Waals surface area contributed by atoms with Crippen LogP contribution >= 0.6 is 0 Å². The lowest BCUT2D eigenvalue weighted by atomic mass is 10.1. The topological polar surface area (TPSA) is 67.6 Å². The number of rotatable bonds is 7. The van der Waals surface area contributed by atoms with Crippen LogP contribution in [0.3, 0.4) is 0 Å². The van der Waals surface area contributed by atoms with E-state index in [2.05, 4.69) is 10.2 Å². The Hall–Kier alpha value is -1.59. The van der Waals surface area contributed by atoms with Crippen LogP contribution in [0.1, 0.15) is 19.4 Å². The molecule has 0 atom stereocenters. The fraction of sp³-hybridized carbons (Fsp3) is 0.533. The molecule has 0 spiro atoms. The maximum absolute atomic E-state index is 11.6. The van der Waals surface area contributed by atoms with Gasteiger partial charge in [0.05, 0.1) is 5.54 Å². The summed E-state index contributed by atoms with van der Waals surface area (Å²) in [7, 11) is 4.02. The van der Waals surface area contributed by atoms with Gasteiger partial charge in [0.25, 0.3) is 0 Å². The molecule has 1 amide bonds. The van der Waals surface area contributed by atoms with Crippen LogP contribution in [-0.4, -0.2) is 43.6 Å². The van der Waals surface area contributed by atoms with E-state index in [4.69, 9.17) is 10.5 Å². The summed E-state index contributed by atoms with van der Waals surface area (Å²) in [5, 5.41) is 2.81. The van der Waals surface area contributed by atoms with Gasteiger partial charge < -0.3 is 20.7 Å². The second kappa shape index (κ2) is 7.26. The molecule has 112 valence electrons. The average Bonchev–Trinajstić information content (AvgIpc) is 2.36. The summed E-state index contributed by atoms with van der Waals surface area (Å²) < 4.78 is 5.60. The summed E-state index contributed by atoms with van der Waals surface area (Å²) in [5.74, 6) is 0.671. The third-order valence-electron chi connectivity index (χ3n) is 2.77. The zero-order chi connectivity index (χ0) is 15.2. The Morgan fingerprint density at radius 2 is 1.90 bits per heavy atom. The van der Waals surface area contributed by atoms with Gasteiger partial charge in [0.1, 0.15) is 12.4 Å². The van der Waals surface area contributed by atoms with Crippen molar-refractivity contribution in [3.8, 4) is 5.75 Å². The van der Waals surface area contributed by atoms with E-state index < -0.39 is 5.54 Å². The highest BCUT2D eigenvalue weighted by Crippen LogP contribution is 2.12. The molecular weight excluding hydrogens is 254 g/mol. The number of nitrogens with zero attached hydrogens (tertiary/aromatic N) is 1. The van der Waals surface area contributed by atoms with Gasteiger partial charge in [-0.1, -0.05) is 12.1 Å². The third-order valence-corrected chi connectivity index (χ3v) is 2.77. The maximum Gasteiger partial charge on any atom is 0.239 e. The number of benzene rings is 1. The van der Waals surface area contributed by atoms with Crippen LogP contribution in [-0.2, 0) is 11.3 Å². The fourth-order valence-corrected chi connectivity index (χ4v) is 1.46. The van der Waals surface area contributed by atoms with Crippen molar-refractivity contribution in [1.29, 1.82) is 0 Å². The molecule has 0 aromatic heterocycles. The SMILES string of the molecule is CN(C)CCOc1ccc(CNC(=O)C(C)(C)N)cc1. The number of amides is 1. The zero-order valence-electron chi connectivity index (χ0n) is 12.8. The zero-order valence-corrected chi connectivity index (χ0v) is 12.8. The Morgan fingerprint density at radius 3 is 2.40 bits per heavy atom. The molecule has 5 heteroatoms. The molecule has 0 heterocycles. The third kappa shape index (κ3) is 6.04. The molecule has 1 rings (SSSR count). The number of ether oxygens (including phenoxy) is 1. The van der Waals surface area contributed by atoms with Gasteiger partial charge in [-0.25, -0.2) is 0 Å². The summed E-state index contributed by atoms with van der Waals surface area (Å²) in [6.45, 7) is 5.37. The molecule has 0 radical (unpaired) electrons. The minimum atomic E-state index is -0.852. The van der Waals surface area contributed by atoms with Crippen LogP contribution in [0.2, 0.25) is 0 Å². The van der Waals surface area contributed by atoms with E-state index in [9.17, 15) is 4.79 Å². The van der Waals surface area contributed by atoms with Crippen molar-refractivity contribution in [2.45, 2.75) is 25.9 Å². The van der Waals surface area contributed by atoms with Crippen molar-refractivity contribution in [3.05, 3.63) is 29.8 Å². The van der Waals surface area contributed by atoms with E-state index in [0.717, 1.165) is 17.9 Å². The first-order chi connectivity index (χ1) is 9.29. The summed E-state index contributed by atoms with van der Waals surface area (Å²) in [6.07, 6.45) is 0. The number of hydrogen-bond donors (Lipinski definition) is 2. The molecular formula is C15H25N3O2. The molecule has 0 fully saturated rings. The molecule has 0 unspecified atom stereocenters. The Morgan fingerprint density at radius 1 is 1.30 bits per heavy atom. The summed E-state index contributed by atoms with van der Waals surface area (Å²) in [4.78, 5) is 13.7. The van der Waals surface area contributed by atoms with Gasteiger partial charge >= 0.3 is 0 Å². The van der Waals surface area contributed by atoms with E-state index in [1.165, 1.54) is 0 Å². The summed E-state index contributed by atoms with van der Waals surface area (Å²) >= 11 is 0. The van der Waals surface area contributed by atoms with Gasteiger partial charge in [-0.05, 0) is 45.6 Å². The van der Waals surface area contributed by atoms with Gasteiger partial charge in [0.2, 0.25) is 5.91 Å². The van der Waals surface area contributed by atoms with Gasteiger partial charge in [-0.3, -0.25) is 4.79 Å². The van der Waals surface area contributed by atoms with Crippen LogP contribution < -0.4 is 15.8 Å². The Kier molecular flexibility index (Phi) is 5.98. The number of nitrogens with two attached hydrogens (primary N) is 1. The van der Waals surface area contributed by atoms with Crippen molar-refractivity contribution in [2.24, 2.45) is 5.73 Å². The first-order valence-electron chi connectivity index (χ1n) is 6.72. The second-order valence-electron chi connectivity index (χ2n) is 5.70. The quantitative estimate of drug-likeness (QED) is 0.781. The van der Waals surface area contributed by atoms with Crippen molar-refractivity contribution >= 4 is 5.91 Å². The molecule has 1 aromatic rings. The first kappa shape index (κ1) is 16.5. The van der Waals surface area contributed by atoms with Gasteiger partial charge in [-0.2, -0.15) is 0 Å². The molecule has 0 aliphatic rings. The molecule has 0 bridgehead atoms. The smallest absolute Gasteiger partial charge is 0.239 e. The highest BCUT2D eigenvalue weighted by molar-refractivity contribution is 5.84. The molecule has 0 saturated heterocycles. The lowest BCUT2D eigenvalue weighted by Crippen LogP contribution is -2.48. The predicted octanol–water partition coefficient (Wildman–Crippen LogP) is 0.981. The highest BCUT2D eigenvalue weighted by Gasteiger charge is 2.20. The number of carbonyl (C=O) groups excluding carboxylic acids is 1. The van der Waals surface area contributed by atoms with Crippen molar-refractivity contribution in [3.63, 3.8) is 0 Å². The van der Waals surface area contributed by atoms with Crippen LogP contribution in [0, 0.1) is 0 Å². The molecule has 0 saturated carbocycles. The average molecular weight is 279 g/mol. The van der Waals surface area contributed by atoms with Crippen molar-refractivity contribution in [2.75, 3.05) is 27.2 Å². The van der Waals surface area contributed by atoms with E-state index in [0.29, 0.717) is 13.2 Å². The fourth-order valence-electron chi connectivity index (χ4n) is 1.46. The van der Waals surface area contributed by atoms with E-state index in [1.54, 1.807) is 13.8 Å². The highest BCUT2D eigenvalue weighted by atomic mass is 16.5. The van der Waals surface area contributed by atoms with Crippen molar-refractivity contribution < 1.29 is 9.53 Å². The Bertz CT molecular complexity index is 422. The van der Waals surface area contributed by atoms with E-state index >= 15 is 0 Å². The number of hydrogen-bond acceptors (Lipinski definition) is 4. The Balaban J connectivity index is 2.41. The molecule has 0 aliphatic heterocycles. The molecule has 0 aliphatic carbocycles. The van der Waals surface area contributed by atoms with E-state index in [-0.39, 0.29) is 5.91 Å². The molecule has 3 N–H and O–H groups in total. The number of nitrogens with one attached hydrogen (secondary N) is 1.